The van der Waals surface area contributed by atoms with E-state index < -0.39 is 0 Å². The van der Waals surface area contributed by atoms with Crippen LogP contribution in [0.5, 0.6) is 0 Å². The molecule has 1 heterocycles. The lowest BCUT2D eigenvalue weighted by Gasteiger charge is -2.14. The maximum atomic E-state index is 11.7. The molecule has 1 rings (SSSR count). The third-order valence-corrected chi connectivity index (χ3v) is 2.51. The van der Waals surface area contributed by atoms with Gasteiger partial charge in [0, 0.05) is 25.1 Å². The number of unbranched alkanes of at least 4 members (excludes halogenated alkanes) is 1. The molecule has 1 N–H and O–H groups in total. The molecule has 0 bridgehead atoms. The zero-order valence-corrected chi connectivity index (χ0v) is 10.4. The lowest BCUT2D eigenvalue weighted by Crippen LogP contribution is -2.25. The average Bonchev–Trinajstić information content (AvgIpc) is 2.20. The van der Waals surface area contributed by atoms with Crippen LogP contribution in [-0.4, -0.2) is 21.3 Å². The van der Waals surface area contributed by atoms with Gasteiger partial charge in [0.2, 0.25) is 0 Å². The van der Waals surface area contributed by atoms with E-state index in [1.165, 1.54) is 6.07 Å². The van der Waals surface area contributed by atoms with E-state index in [4.69, 9.17) is 16.7 Å². The Bertz CT molecular complexity index is 401. The molecule has 0 saturated heterocycles. The minimum Gasteiger partial charge on any atom is -0.396 e. The lowest BCUT2D eigenvalue weighted by atomic mass is 10.2. The van der Waals surface area contributed by atoms with Gasteiger partial charge < -0.3 is 5.11 Å². The fourth-order valence-corrected chi connectivity index (χ4v) is 1.72. The summed E-state index contributed by atoms with van der Waals surface area (Å²) in [7, 11) is 0. The van der Waals surface area contributed by atoms with Crippen molar-refractivity contribution in [2.24, 2.45) is 0 Å². The minimum atomic E-state index is -0.123. The van der Waals surface area contributed by atoms with Crippen molar-refractivity contribution < 1.29 is 5.11 Å². The molecule has 0 aliphatic carbocycles. The largest absolute Gasteiger partial charge is 0.396 e. The molecule has 0 aliphatic rings. The summed E-state index contributed by atoms with van der Waals surface area (Å²) in [5.74, 6) is 0.857. The second-order valence-corrected chi connectivity index (χ2v) is 4.40. The van der Waals surface area contributed by atoms with Crippen LogP contribution in [0.1, 0.15) is 38.4 Å². The van der Waals surface area contributed by atoms with Crippen LogP contribution >= 0.6 is 11.6 Å². The summed E-state index contributed by atoms with van der Waals surface area (Å²) < 4.78 is 1.63. The number of hydrogen-bond acceptors (Lipinski definition) is 3. The molecule has 4 nitrogen and oxygen atoms in total. The fourth-order valence-electron chi connectivity index (χ4n) is 1.54. The third kappa shape index (κ3) is 3.32. The van der Waals surface area contributed by atoms with Crippen LogP contribution in [-0.2, 0) is 6.54 Å². The summed E-state index contributed by atoms with van der Waals surface area (Å²) in [5, 5.41) is 8.95. The van der Waals surface area contributed by atoms with E-state index in [-0.39, 0.29) is 23.2 Å². The van der Waals surface area contributed by atoms with Gasteiger partial charge in [-0.25, -0.2) is 4.98 Å². The van der Waals surface area contributed by atoms with Crippen molar-refractivity contribution in [1.29, 1.82) is 0 Å². The van der Waals surface area contributed by atoms with Gasteiger partial charge in [-0.15, -0.1) is 0 Å². The number of aromatic nitrogens is 2. The van der Waals surface area contributed by atoms with Crippen LogP contribution in [0.15, 0.2) is 10.9 Å². The maximum Gasteiger partial charge on any atom is 0.254 e. The van der Waals surface area contributed by atoms with Gasteiger partial charge in [-0.2, -0.15) is 0 Å². The maximum absolute atomic E-state index is 11.7. The van der Waals surface area contributed by atoms with Gasteiger partial charge in [-0.1, -0.05) is 25.4 Å². The number of aliphatic hydroxyl groups is 1. The van der Waals surface area contributed by atoms with E-state index in [1.807, 2.05) is 13.8 Å². The highest BCUT2D eigenvalue weighted by Gasteiger charge is 2.10. The van der Waals surface area contributed by atoms with Crippen molar-refractivity contribution in [3.63, 3.8) is 0 Å². The Kier molecular flexibility index (Phi) is 4.96. The van der Waals surface area contributed by atoms with Crippen molar-refractivity contribution in [3.8, 4) is 0 Å². The van der Waals surface area contributed by atoms with Crippen LogP contribution < -0.4 is 5.56 Å². The molecule has 0 aliphatic heterocycles. The predicted molar refractivity (Wildman–Crippen MR) is 63.9 cm³/mol. The molecule has 0 fully saturated rings. The molecule has 1 aromatic heterocycles. The number of rotatable bonds is 5. The SMILES string of the molecule is CC(C)c1nc(Cl)cc(=O)n1CCCCO. The Labute approximate surface area is 99.9 Å². The topological polar surface area (TPSA) is 55.1 Å². The Morgan fingerprint density at radius 3 is 2.75 bits per heavy atom. The van der Waals surface area contributed by atoms with Gasteiger partial charge in [-0.3, -0.25) is 9.36 Å². The van der Waals surface area contributed by atoms with Gasteiger partial charge in [-0.05, 0) is 12.8 Å². The first-order valence-corrected chi connectivity index (χ1v) is 5.82. The molecule has 0 amide bonds. The third-order valence-electron chi connectivity index (χ3n) is 2.31. The zero-order chi connectivity index (χ0) is 12.1. The summed E-state index contributed by atoms with van der Waals surface area (Å²) in [4.78, 5) is 15.9. The molecule has 1 aromatic rings. The molecule has 0 radical (unpaired) electrons. The molecule has 5 heteroatoms. The molecule has 90 valence electrons. The van der Waals surface area contributed by atoms with E-state index in [0.29, 0.717) is 18.8 Å². The van der Waals surface area contributed by atoms with Crippen LogP contribution in [0.25, 0.3) is 0 Å². The van der Waals surface area contributed by atoms with Crippen LogP contribution in [0, 0.1) is 0 Å². The molecule has 0 spiro atoms. The minimum absolute atomic E-state index is 0.123. The smallest absolute Gasteiger partial charge is 0.254 e. The van der Waals surface area contributed by atoms with Gasteiger partial charge in [0.05, 0.1) is 0 Å². The molecule has 0 unspecified atom stereocenters. The highest BCUT2D eigenvalue weighted by atomic mass is 35.5. The second-order valence-electron chi connectivity index (χ2n) is 4.01. The van der Waals surface area contributed by atoms with Crippen molar-refractivity contribution in [2.75, 3.05) is 6.61 Å². The molecular formula is C11H17ClN2O2. The van der Waals surface area contributed by atoms with E-state index >= 15 is 0 Å². The van der Waals surface area contributed by atoms with Crippen LogP contribution in [0.4, 0.5) is 0 Å². The van der Waals surface area contributed by atoms with E-state index in [9.17, 15) is 4.79 Å². The summed E-state index contributed by atoms with van der Waals surface area (Å²) in [5.41, 5.74) is -0.123. The predicted octanol–water partition coefficient (Wildman–Crippen LogP) is 1.79. The van der Waals surface area contributed by atoms with E-state index in [1.54, 1.807) is 4.57 Å². The molecule has 16 heavy (non-hydrogen) atoms. The number of nitrogens with zero attached hydrogens (tertiary/aromatic N) is 2. The van der Waals surface area contributed by atoms with Gasteiger partial charge >= 0.3 is 0 Å². The number of hydrogen-bond donors (Lipinski definition) is 1. The van der Waals surface area contributed by atoms with Crippen molar-refractivity contribution in [3.05, 3.63) is 27.4 Å². The second kappa shape index (κ2) is 6.01. The van der Waals surface area contributed by atoms with E-state index in [0.717, 1.165) is 6.42 Å². The number of halogens is 1. The first-order valence-electron chi connectivity index (χ1n) is 5.44. The van der Waals surface area contributed by atoms with Crippen molar-refractivity contribution in [2.45, 2.75) is 39.2 Å². The monoisotopic (exact) mass is 244 g/mol. The molecule has 0 atom stereocenters. The molecule has 0 saturated carbocycles. The zero-order valence-electron chi connectivity index (χ0n) is 9.61. The van der Waals surface area contributed by atoms with Gasteiger partial charge in [0.25, 0.3) is 5.56 Å². The summed E-state index contributed by atoms with van der Waals surface area (Å²) in [6.45, 7) is 4.67. The summed E-state index contributed by atoms with van der Waals surface area (Å²) in [6, 6.07) is 1.33. The number of aliphatic hydroxyl groups excluding tert-OH is 1. The van der Waals surface area contributed by atoms with Crippen molar-refractivity contribution >= 4 is 11.6 Å². The van der Waals surface area contributed by atoms with Crippen LogP contribution in [0.2, 0.25) is 5.15 Å². The Morgan fingerprint density at radius 1 is 1.50 bits per heavy atom. The Hall–Kier alpha value is -0.870. The average molecular weight is 245 g/mol. The summed E-state index contributed by atoms with van der Waals surface area (Å²) >= 11 is 5.76. The Balaban J connectivity index is 3.00. The lowest BCUT2D eigenvalue weighted by molar-refractivity contribution is 0.280. The molecular weight excluding hydrogens is 228 g/mol. The standard InChI is InChI=1S/C11H17ClN2O2/c1-8(2)11-13-9(12)7-10(16)14(11)5-3-4-6-15/h7-8,15H,3-6H2,1-2H3. The fraction of sp³-hybridized carbons (Fsp3) is 0.636. The highest BCUT2D eigenvalue weighted by molar-refractivity contribution is 6.29. The van der Waals surface area contributed by atoms with Crippen molar-refractivity contribution in [1.82, 2.24) is 9.55 Å². The first kappa shape index (κ1) is 13.2. The van der Waals surface area contributed by atoms with Crippen LogP contribution in [0.3, 0.4) is 0 Å². The Morgan fingerprint density at radius 2 is 2.19 bits per heavy atom. The van der Waals surface area contributed by atoms with E-state index in [2.05, 4.69) is 4.98 Å². The highest BCUT2D eigenvalue weighted by Crippen LogP contribution is 2.13. The molecule has 0 aromatic carbocycles. The normalized spacial score (nSPS) is 11.1. The van der Waals surface area contributed by atoms with Gasteiger partial charge in [0.15, 0.2) is 0 Å². The quantitative estimate of drug-likeness (QED) is 0.635. The summed E-state index contributed by atoms with van der Waals surface area (Å²) in [6.07, 6.45) is 1.45. The van der Waals surface area contributed by atoms with Gasteiger partial charge in [0.1, 0.15) is 11.0 Å². The first-order chi connectivity index (χ1) is 7.56.